The monoisotopic (exact) mass is 114 g/mol. The zero-order valence-corrected chi connectivity index (χ0v) is 5.36. The van der Waals surface area contributed by atoms with E-state index in [4.69, 9.17) is 0 Å². The van der Waals surface area contributed by atoms with Gasteiger partial charge in [-0.3, -0.25) is 0 Å². The standard InChI is InChI=1S/C6H10S/c1-2-3-4-5-6-7/h3-7H,2H2,1H3. The highest BCUT2D eigenvalue weighted by molar-refractivity contribution is 7.83. The SMILES string of the molecule is CCC=CC=CS. The first-order valence-electron chi connectivity index (χ1n) is 2.37. The van der Waals surface area contributed by atoms with Gasteiger partial charge >= 0.3 is 0 Å². The Labute approximate surface area is 50.3 Å². The Bertz CT molecular complexity index is 72.2. The zero-order valence-electron chi connectivity index (χ0n) is 4.46. The van der Waals surface area contributed by atoms with Crippen molar-refractivity contribution in [3.8, 4) is 0 Å². The molecule has 0 amide bonds. The van der Waals surface area contributed by atoms with Crippen molar-refractivity contribution >= 4 is 12.6 Å². The number of hydrogen-bond acceptors (Lipinski definition) is 1. The highest BCUT2D eigenvalue weighted by Gasteiger charge is 1.58. The minimum Gasteiger partial charge on any atom is -0.151 e. The van der Waals surface area contributed by atoms with Crippen molar-refractivity contribution in [1.82, 2.24) is 0 Å². The van der Waals surface area contributed by atoms with Crippen molar-refractivity contribution in [3.05, 3.63) is 23.6 Å². The lowest BCUT2D eigenvalue weighted by Gasteiger charge is -1.70. The maximum atomic E-state index is 3.86. The molecular weight excluding hydrogens is 104 g/mol. The van der Waals surface area contributed by atoms with Crippen LogP contribution in [-0.4, -0.2) is 0 Å². The molecule has 0 unspecified atom stereocenters. The van der Waals surface area contributed by atoms with Crippen molar-refractivity contribution in [2.75, 3.05) is 0 Å². The zero-order chi connectivity index (χ0) is 5.54. The summed E-state index contributed by atoms with van der Waals surface area (Å²) >= 11 is 3.86. The molecule has 0 fully saturated rings. The molecular formula is C6H10S. The summed E-state index contributed by atoms with van der Waals surface area (Å²) in [6.45, 7) is 2.10. The molecule has 1 heteroatoms. The Kier molecular flexibility index (Phi) is 5.69. The number of thiol groups is 1. The van der Waals surface area contributed by atoms with Crippen LogP contribution in [0.3, 0.4) is 0 Å². The first kappa shape index (κ1) is 6.83. The van der Waals surface area contributed by atoms with E-state index in [2.05, 4.69) is 25.6 Å². The molecule has 0 aromatic carbocycles. The molecule has 0 aliphatic carbocycles. The van der Waals surface area contributed by atoms with Crippen molar-refractivity contribution in [2.24, 2.45) is 0 Å². The number of allylic oxidation sites excluding steroid dienone is 3. The maximum Gasteiger partial charge on any atom is -0.0324 e. The van der Waals surface area contributed by atoms with Gasteiger partial charge in [0.05, 0.1) is 0 Å². The molecule has 0 N–H and O–H groups in total. The third kappa shape index (κ3) is 5.83. The number of rotatable bonds is 2. The summed E-state index contributed by atoms with van der Waals surface area (Å²) in [7, 11) is 0. The smallest absolute Gasteiger partial charge is 0.0324 e. The molecule has 7 heavy (non-hydrogen) atoms. The van der Waals surface area contributed by atoms with E-state index >= 15 is 0 Å². The summed E-state index contributed by atoms with van der Waals surface area (Å²) in [6.07, 6.45) is 7.05. The van der Waals surface area contributed by atoms with Crippen LogP contribution in [0.1, 0.15) is 13.3 Å². The maximum absolute atomic E-state index is 3.86. The van der Waals surface area contributed by atoms with Gasteiger partial charge in [0, 0.05) is 0 Å². The molecule has 40 valence electrons. The molecule has 0 atom stereocenters. The van der Waals surface area contributed by atoms with E-state index in [1.165, 1.54) is 0 Å². The fraction of sp³-hybridized carbons (Fsp3) is 0.333. The Morgan fingerprint density at radius 2 is 2.14 bits per heavy atom. The normalized spacial score (nSPS) is 11.7. The second kappa shape index (κ2) is 5.83. The lowest BCUT2D eigenvalue weighted by molar-refractivity contribution is 1.22. The van der Waals surface area contributed by atoms with E-state index in [0.29, 0.717) is 0 Å². The minimum atomic E-state index is 1.10. The van der Waals surface area contributed by atoms with Crippen molar-refractivity contribution in [2.45, 2.75) is 13.3 Å². The van der Waals surface area contributed by atoms with Crippen LogP contribution in [0.25, 0.3) is 0 Å². The predicted octanol–water partition coefficient (Wildman–Crippen LogP) is 2.40. The highest BCUT2D eigenvalue weighted by Crippen LogP contribution is 1.82. The lowest BCUT2D eigenvalue weighted by Crippen LogP contribution is -1.47. The number of hydrogen-bond donors (Lipinski definition) is 1. The summed E-state index contributed by atoms with van der Waals surface area (Å²) in [6, 6.07) is 0. The Morgan fingerprint density at radius 3 is 2.57 bits per heavy atom. The van der Waals surface area contributed by atoms with Crippen LogP contribution < -0.4 is 0 Å². The molecule has 0 radical (unpaired) electrons. The topological polar surface area (TPSA) is 0 Å². The van der Waals surface area contributed by atoms with Gasteiger partial charge in [0.1, 0.15) is 0 Å². The molecule has 0 aliphatic heterocycles. The summed E-state index contributed by atoms with van der Waals surface area (Å²) in [5.74, 6) is 0. The van der Waals surface area contributed by atoms with Crippen LogP contribution in [0.2, 0.25) is 0 Å². The molecule has 0 heterocycles. The summed E-state index contributed by atoms with van der Waals surface area (Å²) < 4.78 is 0. The second-order valence-corrected chi connectivity index (χ2v) is 1.48. The van der Waals surface area contributed by atoms with Crippen molar-refractivity contribution < 1.29 is 0 Å². The summed E-state index contributed by atoms with van der Waals surface area (Å²) in [5, 5.41) is 1.71. The van der Waals surface area contributed by atoms with Crippen LogP contribution in [0, 0.1) is 0 Å². The lowest BCUT2D eigenvalue weighted by atomic mass is 10.4. The van der Waals surface area contributed by atoms with E-state index in [1.807, 2.05) is 12.2 Å². The molecule has 0 aromatic rings. The van der Waals surface area contributed by atoms with Crippen LogP contribution in [0.4, 0.5) is 0 Å². The Morgan fingerprint density at radius 1 is 1.43 bits per heavy atom. The average Bonchev–Trinajstić information content (AvgIpc) is 1.69. The molecule has 0 nitrogen and oxygen atoms in total. The molecule has 0 rings (SSSR count). The highest BCUT2D eigenvalue weighted by atomic mass is 32.1. The van der Waals surface area contributed by atoms with E-state index < -0.39 is 0 Å². The van der Waals surface area contributed by atoms with E-state index in [-0.39, 0.29) is 0 Å². The molecule has 0 bridgehead atoms. The van der Waals surface area contributed by atoms with Crippen LogP contribution in [0.5, 0.6) is 0 Å². The molecule has 0 saturated carbocycles. The van der Waals surface area contributed by atoms with Crippen LogP contribution in [-0.2, 0) is 0 Å². The van der Waals surface area contributed by atoms with Gasteiger partial charge in [0.15, 0.2) is 0 Å². The van der Waals surface area contributed by atoms with Crippen LogP contribution >= 0.6 is 12.6 Å². The van der Waals surface area contributed by atoms with Gasteiger partial charge in [0.25, 0.3) is 0 Å². The van der Waals surface area contributed by atoms with E-state index in [0.717, 1.165) is 6.42 Å². The predicted molar refractivity (Wildman–Crippen MR) is 37.6 cm³/mol. The van der Waals surface area contributed by atoms with E-state index in [9.17, 15) is 0 Å². The molecule has 0 saturated heterocycles. The molecule has 0 aliphatic rings. The van der Waals surface area contributed by atoms with Crippen molar-refractivity contribution in [1.29, 1.82) is 0 Å². The Balaban J connectivity index is 3.09. The fourth-order valence-electron chi connectivity index (χ4n) is 0.264. The van der Waals surface area contributed by atoms with Gasteiger partial charge in [-0.1, -0.05) is 25.2 Å². The quantitative estimate of drug-likeness (QED) is 0.413. The third-order valence-corrected chi connectivity index (χ3v) is 0.741. The van der Waals surface area contributed by atoms with Gasteiger partial charge < -0.3 is 0 Å². The second-order valence-electron chi connectivity index (χ2n) is 1.18. The largest absolute Gasteiger partial charge is 0.151 e. The van der Waals surface area contributed by atoms with Gasteiger partial charge in [-0.2, -0.15) is 12.6 Å². The van der Waals surface area contributed by atoms with Crippen LogP contribution in [0.15, 0.2) is 23.6 Å². The van der Waals surface area contributed by atoms with Gasteiger partial charge in [-0.05, 0) is 11.8 Å². The molecule has 0 aromatic heterocycles. The molecule has 0 spiro atoms. The first-order valence-corrected chi connectivity index (χ1v) is 2.89. The van der Waals surface area contributed by atoms with E-state index in [1.54, 1.807) is 5.41 Å². The van der Waals surface area contributed by atoms with Gasteiger partial charge in [0.2, 0.25) is 0 Å². The van der Waals surface area contributed by atoms with Gasteiger partial charge in [-0.15, -0.1) is 0 Å². The van der Waals surface area contributed by atoms with Gasteiger partial charge in [-0.25, -0.2) is 0 Å². The fourth-order valence-corrected chi connectivity index (χ4v) is 0.364. The average molecular weight is 114 g/mol. The summed E-state index contributed by atoms with van der Waals surface area (Å²) in [5.41, 5.74) is 0. The first-order chi connectivity index (χ1) is 3.41. The third-order valence-electron chi connectivity index (χ3n) is 0.569. The minimum absolute atomic E-state index is 1.10. The van der Waals surface area contributed by atoms with Crippen molar-refractivity contribution in [3.63, 3.8) is 0 Å². The Hall–Kier alpha value is -0.170. The summed E-state index contributed by atoms with van der Waals surface area (Å²) in [4.78, 5) is 0.